The number of hydrogen-bond acceptors (Lipinski definition) is 4. The Bertz CT molecular complexity index is 227. The van der Waals surface area contributed by atoms with Crippen molar-refractivity contribution in [2.75, 3.05) is 32.8 Å². The van der Waals surface area contributed by atoms with Crippen LogP contribution in [0.15, 0.2) is 0 Å². The van der Waals surface area contributed by atoms with E-state index in [1.807, 2.05) is 0 Å². The Labute approximate surface area is 88.7 Å². The van der Waals surface area contributed by atoms with Crippen molar-refractivity contribution < 1.29 is 14.3 Å². The summed E-state index contributed by atoms with van der Waals surface area (Å²) in [4.78, 5) is 21.7. The summed E-state index contributed by atoms with van der Waals surface area (Å²) in [6.07, 6.45) is 0. The first-order valence-corrected chi connectivity index (χ1v) is 5.00. The topological polar surface area (TPSA) is 79.5 Å². The lowest BCUT2D eigenvalue weighted by molar-refractivity contribution is -0.125. The van der Waals surface area contributed by atoms with Crippen LogP contribution in [0.3, 0.4) is 0 Å². The van der Waals surface area contributed by atoms with Crippen LogP contribution in [0.5, 0.6) is 0 Å². The van der Waals surface area contributed by atoms with Gasteiger partial charge in [-0.3, -0.25) is 9.59 Å². The molecule has 1 aliphatic heterocycles. The Balaban J connectivity index is 2.07. The number of rotatable bonds is 4. The molecule has 1 atom stereocenters. The van der Waals surface area contributed by atoms with E-state index >= 15 is 0 Å². The van der Waals surface area contributed by atoms with Gasteiger partial charge in [0.2, 0.25) is 11.8 Å². The zero-order chi connectivity index (χ0) is 11.1. The molecule has 3 N–H and O–H groups in total. The Hall–Kier alpha value is -1.14. The van der Waals surface area contributed by atoms with Gasteiger partial charge in [0, 0.05) is 26.1 Å². The molecule has 86 valence electrons. The zero-order valence-corrected chi connectivity index (χ0v) is 8.84. The molecule has 0 radical (unpaired) electrons. The number of morpholine rings is 1. The van der Waals surface area contributed by atoms with E-state index in [2.05, 4.69) is 16.0 Å². The average Bonchev–Trinajstić information content (AvgIpc) is 2.25. The van der Waals surface area contributed by atoms with Crippen molar-refractivity contribution >= 4 is 11.8 Å². The van der Waals surface area contributed by atoms with Gasteiger partial charge in [-0.1, -0.05) is 0 Å². The van der Waals surface area contributed by atoms with Gasteiger partial charge in [0.1, 0.15) is 0 Å². The summed E-state index contributed by atoms with van der Waals surface area (Å²) >= 11 is 0. The average molecular weight is 215 g/mol. The van der Waals surface area contributed by atoms with E-state index in [-0.39, 0.29) is 24.4 Å². The molecule has 15 heavy (non-hydrogen) atoms. The number of ether oxygens (including phenoxy) is 1. The second kappa shape index (κ2) is 6.36. The van der Waals surface area contributed by atoms with Crippen LogP contribution < -0.4 is 16.0 Å². The predicted molar refractivity (Wildman–Crippen MR) is 54.3 cm³/mol. The molecular weight excluding hydrogens is 198 g/mol. The monoisotopic (exact) mass is 215 g/mol. The van der Waals surface area contributed by atoms with Crippen molar-refractivity contribution in [1.29, 1.82) is 0 Å². The normalized spacial score (nSPS) is 20.7. The van der Waals surface area contributed by atoms with Crippen molar-refractivity contribution in [3.8, 4) is 0 Å². The molecular formula is C9H17N3O3. The minimum atomic E-state index is -0.204. The van der Waals surface area contributed by atoms with Crippen molar-refractivity contribution in [2.24, 2.45) is 0 Å². The Morgan fingerprint density at radius 1 is 1.47 bits per heavy atom. The minimum Gasteiger partial charge on any atom is -0.378 e. The molecule has 0 aromatic carbocycles. The smallest absolute Gasteiger partial charge is 0.239 e. The lowest BCUT2D eigenvalue weighted by atomic mass is 10.3. The molecule has 0 aromatic heterocycles. The number of nitrogens with one attached hydrogen (secondary N) is 3. The third-order valence-corrected chi connectivity index (χ3v) is 2.04. The van der Waals surface area contributed by atoms with E-state index in [9.17, 15) is 9.59 Å². The fourth-order valence-electron chi connectivity index (χ4n) is 1.26. The predicted octanol–water partition coefficient (Wildman–Crippen LogP) is -1.77. The van der Waals surface area contributed by atoms with Gasteiger partial charge in [0.15, 0.2) is 0 Å². The van der Waals surface area contributed by atoms with Gasteiger partial charge in [-0.2, -0.15) is 0 Å². The van der Waals surface area contributed by atoms with E-state index in [1.165, 1.54) is 6.92 Å². The van der Waals surface area contributed by atoms with Crippen LogP contribution >= 0.6 is 0 Å². The summed E-state index contributed by atoms with van der Waals surface area (Å²) in [6, 6.07) is 0.167. The van der Waals surface area contributed by atoms with Crippen LogP contribution in [-0.2, 0) is 14.3 Å². The van der Waals surface area contributed by atoms with Gasteiger partial charge in [-0.15, -0.1) is 0 Å². The van der Waals surface area contributed by atoms with E-state index in [0.29, 0.717) is 13.2 Å². The van der Waals surface area contributed by atoms with Gasteiger partial charge in [0.05, 0.1) is 19.8 Å². The highest BCUT2D eigenvalue weighted by Crippen LogP contribution is 1.90. The van der Waals surface area contributed by atoms with Crippen LogP contribution in [0.2, 0.25) is 0 Å². The second-order valence-electron chi connectivity index (χ2n) is 3.44. The van der Waals surface area contributed by atoms with Crippen LogP contribution in [0.4, 0.5) is 0 Å². The number of amides is 2. The lowest BCUT2D eigenvalue weighted by Crippen LogP contribution is -2.49. The molecule has 1 unspecified atom stereocenters. The summed E-state index contributed by atoms with van der Waals surface area (Å²) in [5, 5.41) is 8.35. The largest absolute Gasteiger partial charge is 0.378 e. The lowest BCUT2D eigenvalue weighted by Gasteiger charge is -2.23. The minimum absolute atomic E-state index is 0.0307. The van der Waals surface area contributed by atoms with Gasteiger partial charge in [0.25, 0.3) is 0 Å². The van der Waals surface area contributed by atoms with Crippen LogP contribution in [0, 0.1) is 0 Å². The molecule has 0 saturated carbocycles. The molecule has 0 spiro atoms. The fraction of sp³-hybridized carbons (Fsp3) is 0.778. The van der Waals surface area contributed by atoms with E-state index in [4.69, 9.17) is 4.74 Å². The molecule has 1 heterocycles. The zero-order valence-electron chi connectivity index (χ0n) is 8.84. The maximum absolute atomic E-state index is 11.2. The third kappa shape index (κ3) is 5.34. The summed E-state index contributed by atoms with van der Waals surface area (Å²) in [5.41, 5.74) is 0. The van der Waals surface area contributed by atoms with Gasteiger partial charge in [-0.05, 0) is 0 Å². The summed E-state index contributed by atoms with van der Waals surface area (Å²) in [7, 11) is 0. The fourth-order valence-corrected chi connectivity index (χ4v) is 1.26. The first kappa shape index (κ1) is 11.9. The molecule has 6 nitrogen and oxygen atoms in total. The molecule has 0 aromatic rings. The molecule has 1 fully saturated rings. The summed E-state index contributed by atoms with van der Waals surface area (Å²) < 4.78 is 5.23. The molecule has 6 heteroatoms. The SMILES string of the molecule is CC(=O)NCC(=O)NCC1COCCN1. The molecule has 1 saturated heterocycles. The maximum atomic E-state index is 11.2. The Kier molecular flexibility index (Phi) is 5.06. The first-order valence-electron chi connectivity index (χ1n) is 5.00. The molecule has 2 amide bonds. The van der Waals surface area contributed by atoms with Crippen molar-refractivity contribution in [3.05, 3.63) is 0 Å². The van der Waals surface area contributed by atoms with Crippen LogP contribution in [0.25, 0.3) is 0 Å². The highest BCUT2D eigenvalue weighted by atomic mass is 16.5. The number of carbonyl (C=O) groups excluding carboxylic acids is 2. The van der Waals surface area contributed by atoms with Gasteiger partial charge >= 0.3 is 0 Å². The molecule has 1 aliphatic rings. The number of hydrogen-bond donors (Lipinski definition) is 3. The Morgan fingerprint density at radius 2 is 2.27 bits per heavy atom. The maximum Gasteiger partial charge on any atom is 0.239 e. The molecule has 0 aliphatic carbocycles. The number of carbonyl (C=O) groups is 2. The highest BCUT2D eigenvalue weighted by molar-refractivity contribution is 5.83. The van der Waals surface area contributed by atoms with E-state index in [0.717, 1.165) is 13.2 Å². The van der Waals surface area contributed by atoms with Gasteiger partial charge in [-0.25, -0.2) is 0 Å². The molecule has 0 bridgehead atoms. The highest BCUT2D eigenvalue weighted by Gasteiger charge is 2.13. The van der Waals surface area contributed by atoms with E-state index in [1.54, 1.807) is 0 Å². The van der Waals surface area contributed by atoms with Crippen LogP contribution in [-0.4, -0.2) is 50.7 Å². The van der Waals surface area contributed by atoms with Crippen molar-refractivity contribution in [1.82, 2.24) is 16.0 Å². The first-order chi connectivity index (χ1) is 7.18. The van der Waals surface area contributed by atoms with E-state index < -0.39 is 0 Å². The standard InChI is InChI=1S/C9H17N3O3/c1-7(13)11-5-9(14)12-4-8-6-15-3-2-10-8/h8,10H,2-6H2,1H3,(H,11,13)(H,12,14). The van der Waals surface area contributed by atoms with Gasteiger partial charge < -0.3 is 20.7 Å². The summed E-state index contributed by atoms with van der Waals surface area (Å²) in [6.45, 7) is 4.08. The second-order valence-corrected chi connectivity index (χ2v) is 3.44. The molecule has 1 rings (SSSR count). The van der Waals surface area contributed by atoms with Crippen molar-refractivity contribution in [2.45, 2.75) is 13.0 Å². The van der Waals surface area contributed by atoms with Crippen molar-refractivity contribution in [3.63, 3.8) is 0 Å². The third-order valence-electron chi connectivity index (χ3n) is 2.04. The summed E-state index contributed by atoms with van der Waals surface area (Å²) in [5.74, 6) is -0.387. The Morgan fingerprint density at radius 3 is 2.87 bits per heavy atom. The quantitative estimate of drug-likeness (QED) is 0.518. The van der Waals surface area contributed by atoms with Crippen LogP contribution in [0.1, 0.15) is 6.92 Å².